The minimum atomic E-state index is -3.69. The number of benzene rings is 2. The van der Waals surface area contributed by atoms with Crippen LogP contribution in [-0.4, -0.2) is 50.4 Å². The van der Waals surface area contributed by atoms with E-state index in [1.54, 1.807) is 43.1 Å². The fourth-order valence-corrected chi connectivity index (χ4v) is 3.91. The lowest BCUT2D eigenvalue weighted by Gasteiger charge is -2.22. The predicted octanol–water partition coefficient (Wildman–Crippen LogP) is 3.00. The van der Waals surface area contributed by atoms with Gasteiger partial charge in [0.05, 0.1) is 11.4 Å². The Kier molecular flexibility index (Phi) is 6.86. The van der Waals surface area contributed by atoms with Crippen LogP contribution in [0.4, 0.5) is 0 Å². The third-order valence-corrected chi connectivity index (χ3v) is 6.65. The highest BCUT2D eigenvalue weighted by Gasteiger charge is 2.24. The van der Waals surface area contributed by atoms with Crippen molar-refractivity contribution in [2.75, 3.05) is 26.9 Å². The first kappa shape index (κ1) is 20.5. The normalized spacial score (nSPS) is 11.6. The molecule has 2 aromatic carbocycles. The van der Waals surface area contributed by atoms with Crippen LogP contribution in [0.3, 0.4) is 0 Å². The van der Waals surface area contributed by atoms with Gasteiger partial charge in [-0.1, -0.05) is 29.8 Å². The van der Waals surface area contributed by atoms with E-state index in [1.807, 2.05) is 37.4 Å². The molecular weight excluding hydrogens is 368 g/mol. The molecule has 2 aromatic rings. The van der Waals surface area contributed by atoms with Crippen LogP contribution < -0.4 is 0 Å². The third kappa shape index (κ3) is 5.09. The number of hydrogen-bond acceptors (Lipinski definition) is 4. The largest absolute Gasteiger partial charge is 0.340 e. The van der Waals surface area contributed by atoms with E-state index in [4.69, 9.17) is 0 Å². The van der Waals surface area contributed by atoms with Gasteiger partial charge in [0.25, 0.3) is 0 Å². The second kappa shape index (κ2) is 8.70. The van der Waals surface area contributed by atoms with Crippen molar-refractivity contribution >= 4 is 27.7 Å². The Morgan fingerprint density at radius 2 is 1.58 bits per heavy atom. The highest BCUT2D eigenvalue weighted by molar-refractivity contribution is 7.98. The van der Waals surface area contributed by atoms with Gasteiger partial charge in [-0.25, -0.2) is 8.42 Å². The van der Waals surface area contributed by atoms with Crippen molar-refractivity contribution in [1.29, 1.82) is 0 Å². The average Bonchev–Trinajstić information content (AvgIpc) is 2.63. The van der Waals surface area contributed by atoms with E-state index in [1.165, 1.54) is 11.9 Å². The molecule has 0 aliphatic heterocycles. The van der Waals surface area contributed by atoms with Gasteiger partial charge in [0.15, 0.2) is 0 Å². The predicted molar refractivity (Wildman–Crippen MR) is 106 cm³/mol. The summed E-state index contributed by atoms with van der Waals surface area (Å²) in [7, 11) is -0.592. The molecule has 0 saturated heterocycles. The lowest BCUT2D eigenvalue weighted by atomic mass is 10.1. The molecule has 0 aliphatic rings. The number of nitrogens with zero attached hydrogens (tertiary/aromatic N) is 2. The first-order valence-electron chi connectivity index (χ1n) is 8.14. The van der Waals surface area contributed by atoms with Gasteiger partial charge >= 0.3 is 0 Å². The molecule has 1 amide bonds. The molecule has 0 aromatic heterocycles. The van der Waals surface area contributed by atoms with E-state index in [0.717, 1.165) is 20.3 Å². The standard InChI is InChI=1S/C19H24N2O3S2/c1-15-5-7-16(8-6-15)13-20(2)19(22)14-21(3)26(23,24)18-11-9-17(25-4)10-12-18/h5-12H,13-14H2,1-4H3. The van der Waals surface area contributed by atoms with E-state index in [2.05, 4.69) is 0 Å². The van der Waals surface area contributed by atoms with Gasteiger partial charge in [0.2, 0.25) is 15.9 Å². The van der Waals surface area contributed by atoms with Crippen LogP contribution in [0.15, 0.2) is 58.3 Å². The fraction of sp³-hybridized carbons (Fsp3) is 0.316. The zero-order chi connectivity index (χ0) is 19.3. The quantitative estimate of drug-likeness (QED) is 0.680. The summed E-state index contributed by atoms with van der Waals surface area (Å²) in [6, 6.07) is 14.6. The highest BCUT2D eigenvalue weighted by Crippen LogP contribution is 2.20. The van der Waals surface area contributed by atoms with Gasteiger partial charge in [0.1, 0.15) is 0 Å². The number of amides is 1. The Balaban J connectivity index is 2.03. The van der Waals surface area contributed by atoms with E-state index in [0.29, 0.717) is 6.54 Å². The lowest BCUT2D eigenvalue weighted by molar-refractivity contribution is -0.130. The van der Waals surface area contributed by atoms with Crippen molar-refractivity contribution in [3.8, 4) is 0 Å². The number of carbonyl (C=O) groups is 1. The molecule has 0 fully saturated rings. The van der Waals surface area contributed by atoms with E-state index in [9.17, 15) is 13.2 Å². The molecule has 0 N–H and O–H groups in total. The number of sulfonamides is 1. The van der Waals surface area contributed by atoms with Crippen molar-refractivity contribution in [2.24, 2.45) is 0 Å². The minimum absolute atomic E-state index is 0.187. The number of aryl methyl sites for hydroxylation is 1. The zero-order valence-corrected chi connectivity index (χ0v) is 17.1. The SMILES string of the molecule is CSc1ccc(S(=O)(=O)N(C)CC(=O)N(C)Cc2ccc(C)cc2)cc1. The van der Waals surface area contributed by atoms with Gasteiger partial charge in [-0.2, -0.15) is 4.31 Å². The summed E-state index contributed by atoms with van der Waals surface area (Å²) in [6.45, 7) is 2.24. The summed E-state index contributed by atoms with van der Waals surface area (Å²) in [6.07, 6.45) is 1.93. The topological polar surface area (TPSA) is 57.7 Å². The smallest absolute Gasteiger partial charge is 0.243 e. The van der Waals surface area contributed by atoms with Crippen molar-refractivity contribution in [3.05, 3.63) is 59.7 Å². The van der Waals surface area contributed by atoms with Gasteiger partial charge in [0, 0.05) is 25.5 Å². The Hall–Kier alpha value is -1.83. The van der Waals surface area contributed by atoms with Gasteiger partial charge < -0.3 is 4.90 Å². The van der Waals surface area contributed by atoms with Crippen LogP contribution in [0.2, 0.25) is 0 Å². The lowest BCUT2D eigenvalue weighted by Crippen LogP contribution is -2.39. The van der Waals surface area contributed by atoms with Crippen molar-refractivity contribution in [1.82, 2.24) is 9.21 Å². The minimum Gasteiger partial charge on any atom is -0.340 e. The number of hydrogen-bond donors (Lipinski definition) is 0. The number of thioether (sulfide) groups is 1. The van der Waals surface area contributed by atoms with Crippen molar-refractivity contribution in [2.45, 2.75) is 23.3 Å². The van der Waals surface area contributed by atoms with Crippen molar-refractivity contribution < 1.29 is 13.2 Å². The van der Waals surface area contributed by atoms with Crippen molar-refractivity contribution in [3.63, 3.8) is 0 Å². The molecule has 2 rings (SSSR count). The first-order chi connectivity index (χ1) is 12.2. The number of carbonyl (C=O) groups excluding carboxylic acids is 1. The molecule has 0 unspecified atom stereocenters. The van der Waals surface area contributed by atoms with E-state index in [-0.39, 0.29) is 17.3 Å². The van der Waals surface area contributed by atoms with E-state index < -0.39 is 10.0 Å². The molecule has 0 bridgehead atoms. The monoisotopic (exact) mass is 392 g/mol. The summed E-state index contributed by atoms with van der Waals surface area (Å²) in [5, 5.41) is 0. The van der Waals surface area contributed by atoms with Crippen LogP contribution in [0, 0.1) is 6.92 Å². The molecule has 0 heterocycles. The van der Waals surface area contributed by atoms with Crippen LogP contribution in [0.1, 0.15) is 11.1 Å². The summed E-state index contributed by atoms with van der Waals surface area (Å²) in [5.41, 5.74) is 2.16. The highest BCUT2D eigenvalue weighted by atomic mass is 32.2. The zero-order valence-electron chi connectivity index (χ0n) is 15.5. The molecule has 0 saturated carbocycles. The van der Waals surface area contributed by atoms with Crippen LogP contribution in [0.25, 0.3) is 0 Å². The molecule has 0 aliphatic carbocycles. The molecule has 0 spiro atoms. The summed E-state index contributed by atoms with van der Waals surface area (Å²) < 4.78 is 26.4. The van der Waals surface area contributed by atoms with Gasteiger partial charge in [-0.05, 0) is 43.0 Å². The van der Waals surface area contributed by atoms with Crippen LogP contribution >= 0.6 is 11.8 Å². The molecule has 5 nitrogen and oxygen atoms in total. The Morgan fingerprint density at radius 3 is 2.12 bits per heavy atom. The summed E-state index contributed by atoms with van der Waals surface area (Å²) in [5.74, 6) is -0.252. The van der Waals surface area contributed by atoms with Crippen LogP contribution in [0.5, 0.6) is 0 Å². The maximum atomic E-state index is 12.6. The first-order valence-corrected chi connectivity index (χ1v) is 10.8. The number of rotatable bonds is 7. The second-order valence-electron chi connectivity index (χ2n) is 6.17. The second-order valence-corrected chi connectivity index (χ2v) is 9.10. The molecule has 0 atom stereocenters. The van der Waals surface area contributed by atoms with Crippen LogP contribution in [-0.2, 0) is 21.4 Å². The van der Waals surface area contributed by atoms with Gasteiger partial charge in [-0.3, -0.25) is 4.79 Å². The fourth-order valence-electron chi connectivity index (χ4n) is 2.38. The molecule has 7 heteroatoms. The molecule has 0 radical (unpaired) electrons. The van der Waals surface area contributed by atoms with Gasteiger partial charge in [-0.15, -0.1) is 11.8 Å². The Bertz CT molecular complexity index is 847. The Labute approximate surface area is 160 Å². The third-order valence-electron chi connectivity index (χ3n) is 4.09. The Morgan fingerprint density at radius 1 is 1.00 bits per heavy atom. The maximum absolute atomic E-state index is 12.6. The molecule has 26 heavy (non-hydrogen) atoms. The molecular formula is C19H24N2O3S2. The summed E-state index contributed by atoms with van der Waals surface area (Å²) in [4.78, 5) is 15.1. The van der Waals surface area contributed by atoms with E-state index >= 15 is 0 Å². The average molecular weight is 393 g/mol. The summed E-state index contributed by atoms with van der Waals surface area (Å²) >= 11 is 1.54. The molecule has 140 valence electrons. The number of likely N-dealkylation sites (N-methyl/N-ethyl adjacent to an activating group) is 2. The maximum Gasteiger partial charge on any atom is 0.243 e.